The molecule has 3 N–H and O–H groups in total. The van der Waals surface area contributed by atoms with Crippen LogP contribution in [0.4, 0.5) is 15.8 Å². The van der Waals surface area contributed by atoms with Crippen molar-refractivity contribution in [1.29, 1.82) is 0 Å². The van der Waals surface area contributed by atoms with Gasteiger partial charge in [0.1, 0.15) is 22.6 Å². The molecule has 2 aliphatic heterocycles. The molecule has 1 atom stereocenters. The SMILES string of the molecule is COC(=O)C1=C(N)N(c2ccc(F)c(Cl)c2)C2=C(C(=O)CC(C)(C)C2)C12C(=O)Nc1ccccc12. The number of carbonyl (C=O) groups is 3. The molecule has 2 heterocycles. The number of esters is 1. The second-order valence-electron chi connectivity index (χ2n) is 9.70. The van der Waals surface area contributed by atoms with E-state index in [4.69, 9.17) is 22.1 Å². The molecule has 2 aromatic rings. The number of rotatable bonds is 2. The Balaban J connectivity index is 1.93. The standard InChI is InChI=1S/C26H23ClFN3O4/c1-25(2)11-18-20(19(32)12-25)26(14-6-4-5-7-17(14)30-24(26)34)21(23(33)35-3)22(29)31(18)13-8-9-16(28)15(27)10-13/h4-10H,11-12,29H2,1-3H3,(H,30,34). The zero-order valence-electron chi connectivity index (χ0n) is 19.4. The van der Waals surface area contributed by atoms with Gasteiger partial charge in [-0.3, -0.25) is 14.5 Å². The summed E-state index contributed by atoms with van der Waals surface area (Å²) in [4.78, 5) is 42.5. The third kappa shape index (κ3) is 3.13. The van der Waals surface area contributed by atoms with E-state index in [1.165, 1.54) is 30.2 Å². The molecule has 1 aliphatic carbocycles. The molecule has 5 rings (SSSR count). The number of nitrogens with zero attached hydrogens (tertiary/aromatic N) is 1. The van der Waals surface area contributed by atoms with Gasteiger partial charge >= 0.3 is 5.97 Å². The van der Waals surface area contributed by atoms with E-state index in [0.717, 1.165) is 0 Å². The van der Waals surface area contributed by atoms with Crippen molar-refractivity contribution in [2.45, 2.75) is 32.1 Å². The average molecular weight is 496 g/mol. The van der Waals surface area contributed by atoms with Crippen molar-refractivity contribution in [3.8, 4) is 0 Å². The molecule has 0 saturated carbocycles. The monoisotopic (exact) mass is 495 g/mol. The Morgan fingerprint density at radius 1 is 1.17 bits per heavy atom. The van der Waals surface area contributed by atoms with Crippen molar-refractivity contribution in [3.05, 3.63) is 81.5 Å². The molecular weight excluding hydrogens is 473 g/mol. The van der Waals surface area contributed by atoms with Crippen molar-refractivity contribution in [3.63, 3.8) is 0 Å². The zero-order valence-corrected chi connectivity index (χ0v) is 20.1. The molecule has 180 valence electrons. The van der Waals surface area contributed by atoms with Crippen LogP contribution in [0.5, 0.6) is 0 Å². The van der Waals surface area contributed by atoms with Crippen LogP contribution in [-0.2, 0) is 24.5 Å². The predicted molar refractivity (Wildman–Crippen MR) is 129 cm³/mol. The van der Waals surface area contributed by atoms with Crippen molar-refractivity contribution in [2.75, 3.05) is 17.3 Å². The number of allylic oxidation sites excluding steroid dienone is 1. The first-order valence-corrected chi connectivity index (χ1v) is 11.4. The lowest BCUT2D eigenvalue weighted by atomic mass is 9.60. The number of anilines is 2. The van der Waals surface area contributed by atoms with E-state index in [0.29, 0.717) is 29.1 Å². The number of halogens is 2. The van der Waals surface area contributed by atoms with Gasteiger partial charge in [-0.1, -0.05) is 43.6 Å². The largest absolute Gasteiger partial charge is 0.466 e. The Bertz CT molecular complexity index is 1400. The van der Waals surface area contributed by atoms with E-state index < -0.39 is 28.5 Å². The fraction of sp³-hybridized carbons (Fsp3) is 0.269. The van der Waals surface area contributed by atoms with E-state index >= 15 is 0 Å². The highest BCUT2D eigenvalue weighted by Gasteiger charge is 2.62. The topological polar surface area (TPSA) is 102 Å². The summed E-state index contributed by atoms with van der Waals surface area (Å²) in [6, 6.07) is 10.9. The molecule has 1 spiro atoms. The lowest BCUT2D eigenvalue weighted by Crippen LogP contribution is -2.54. The highest BCUT2D eigenvalue weighted by atomic mass is 35.5. The van der Waals surface area contributed by atoms with Gasteiger partial charge in [-0.05, 0) is 36.1 Å². The number of methoxy groups -OCH3 is 1. The maximum atomic E-state index is 14.0. The molecule has 0 fully saturated rings. The van der Waals surface area contributed by atoms with Crippen LogP contribution in [-0.4, -0.2) is 24.8 Å². The molecule has 3 aliphatic rings. The molecule has 1 amide bonds. The van der Waals surface area contributed by atoms with Gasteiger partial charge in [0.05, 0.1) is 12.1 Å². The van der Waals surface area contributed by atoms with Gasteiger partial charge in [0, 0.05) is 34.6 Å². The molecule has 2 aromatic carbocycles. The molecule has 0 bridgehead atoms. The Morgan fingerprint density at radius 3 is 2.57 bits per heavy atom. The number of ketones is 1. The van der Waals surface area contributed by atoms with Crippen LogP contribution >= 0.6 is 11.6 Å². The van der Waals surface area contributed by atoms with E-state index in [2.05, 4.69) is 5.32 Å². The van der Waals surface area contributed by atoms with Crippen LogP contribution in [0, 0.1) is 11.2 Å². The predicted octanol–water partition coefficient (Wildman–Crippen LogP) is 4.18. The Hall–Kier alpha value is -3.65. The number of benzene rings is 2. The highest BCUT2D eigenvalue weighted by Crippen LogP contribution is 2.57. The van der Waals surface area contributed by atoms with Crippen molar-refractivity contribution in [1.82, 2.24) is 0 Å². The van der Waals surface area contributed by atoms with Crippen LogP contribution < -0.4 is 16.0 Å². The zero-order chi connectivity index (χ0) is 25.3. The molecular formula is C26H23ClFN3O4. The Morgan fingerprint density at radius 2 is 1.89 bits per heavy atom. The first kappa shape index (κ1) is 23.1. The van der Waals surface area contributed by atoms with Crippen LogP contribution in [0.2, 0.25) is 5.02 Å². The molecule has 35 heavy (non-hydrogen) atoms. The lowest BCUT2D eigenvalue weighted by molar-refractivity contribution is -0.138. The number of amides is 1. The molecule has 9 heteroatoms. The summed E-state index contributed by atoms with van der Waals surface area (Å²) in [6.07, 6.45) is 0.533. The fourth-order valence-electron chi connectivity index (χ4n) is 5.51. The second kappa shape index (κ2) is 7.68. The maximum absolute atomic E-state index is 14.0. The number of para-hydroxylation sites is 1. The van der Waals surface area contributed by atoms with Crippen LogP contribution in [0.15, 0.2) is 65.1 Å². The molecule has 7 nitrogen and oxygen atoms in total. The van der Waals surface area contributed by atoms with E-state index in [-0.39, 0.29) is 34.2 Å². The molecule has 0 saturated heterocycles. The number of Topliss-reactive ketones (excluding diaryl/α,β-unsaturated/α-hetero) is 1. The summed E-state index contributed by atoms with van der Waals surface area (Å²) < 4.78 is 19.1. The van der Waals surface area contributed by atoms with Gasteiger partial charge < -0.3 is 15.8 Å². The van der Waals surface area contributed by atoms with Gasteiger partial charge in [0.15, 0.2) is 5.78 Å². The second-order valence-corrected chi connectivity index (χ2v) is 10.1. The van der Waals surface area contributed by atoms with Crippen molar-refractivity contribution in [2.24, 2.45) is 11.1 Å². The fourth-order valence-corrected chi connectivity index (χ4v) is 5.69. The Kier molecular flexibility index (Phi) is 5.07. The van der Waals surface area contributed by atoms with Gasteiger partial charge in [-0.2, -0.15) is 0 Å². The number of hydrogen-bond donors (Lipinski definition) is 2. The van der Waals surface area contributed by atoms with Gasteiger partial charge in [-0.15, -0.1) is 0 Å². The molecule has 0 aromatic heterocycles. The number of ether oxygens (including phenoxy) is 1. The summed E-state index contributed by atoms with van der Waals surface area (Å²) in [5.41, 5.74) is 6.18. The summed E-state index contributed by atoms with van der Waals surface area (Å²) in [7, 11) is 1.18. The third-order valence-electron chi connectivity index (χ3n) is 6.84. The maximum Gasteiger partial charge on any atom is 0.339 e. The van der Waals surface area contributed by atoms with Gasteiger partial charge in [-0.25, -0.2) is 9.18 Å². The third-order valence-corrected chi connectivity index (χ3v) is 7.13. The minimum atomic E-state index is -1.78. The van der Waals surface area contributed by atoms with Crippen molar-refractivity contribution < 1.29 is 23.5 Å². The van der Waals surface area contributed by atoms with Crippen LogP contribution in [0.1, 0.15) is 32.3 Å². The number of hydrogen-bond acceptors (Lipinski definition) is 6. The highest BCUT2D eigenvalue weighted by molar-refractivity contribution is 6.31. The van der Waals surface area contributed by atoms with E-state index in [9.17, 15) is 18.8 Å². The Labute approximate surface area is 206 Å². The van der Waals surface area contributed by atoms with Gasteiger partial charge in [0.2, 0.25) is 5.91 Å². The van der Waals surface area contributed by atoms with Crippen LogP contribution in [0.3, 0.4) is 0 Å². The average Bonchev–Trinajstić information content (AvgIpc) is 3.07. The normalized spacial score (nSPS) is 22.8. The van der Waals surface area contributed by atoms with E-state index in [1.54, 1.807) is 24.3 Å². The first-order valence-electron chi connectivity index (χ1n) is 11.0. The molecule has 0 radical (unpaired) electrons. The minimum Gasteiger partial charge on any atom is -0.466 e. The number of fused-ring (bicyclic) bond motifs is 3. The number of nitrogens with one attached hydrogen (secondary N) is 1. The summed E-state index contributed by atoms with van der Waals surface area (Å²) >= 11 is 6.08. The summed E-state index contributed by atoms with van der Waals surface area (Å²) in [6.45, 7) is 3.88. The van der Waals surface area contributed by atoms with E-state index in [1.807, 2.05) is 13.8 Å². The lowest BCUT2D eigenvalue weighted by Gasteiger charge is -2.47. The summed E-state index contributed by atoms with van der Waals surface area (Å²) in [5.74, 6) is -2.40. The smallest absolute Gasteiger partial charge is 0.339 e. The number of nitrogens with two attached hydrogens (primary N) is 1. The van der Waals surface area contributed by atoms with Crippen LogP contribution in [0.25, 0.3) is 0 Å². The van der Waals surface area contributed by atoms with Gasteiger partial charge in [0.25, 0.3) is 0 Å². The minimum absolute atomic E-state index is 0.0874. The number of carbonyl (C=O) groups excluding carboxylic acids is 3. The quantitative estimate of drug-likeness (QED) is 0.606. The molecule has 1 unspecified atom stereocenters. The summed E-state index contributed by atoms with van der Waals surface area (Å²) in [5, 5.41) is 2.67. The first-order chi connectivity index (χ1) is 16.5. The van der Waals surface area contributed by atoms with Crippen molar-refractivity contribution >= 4 is 40.6 Å².